The Kier molecular flexibility index (Phi) is 7.49. The summed E-state index contributed by atoms with van der Waals surface area (Å²) in [6.07, 6.45) is 5.66. The summed E-state index contributed by atoms with van der Waals surface area (Å²) in [5.74, 6) is 1.15. The summed E-state index contributed by atoms with van der Waals surface area (Å²) in [6.45, 7) is 6.47. The van der Waals surface area contributed by atoms with E-state index in [4.69, 9.17) is 9.47 Å². The number of hydrogen-bond acceptors (Lipinski definition) is 7. The molecule has 0 aliphatic carbocycles. The van der Waals surface area contributed by atoms with Crippen LogP contribution >= 0.6 is 0 Å². The number of hydrogen-bond donors (Lipinski definition) is 1. The number of piperidine rings is 1. The number of amides is 2. The minimum absolute atomic E-state index is 0.0577. The van der Waals surface area contributed by atoms with E-state index in [-0.39, 0.29) is 12.1 Å². The number of carbonyl (C=O) groups is 2. The van der Waals surface area contributed by atoms with Crippen LogP contribution in [0.1, 0.15) is 54.2 Å². The molecule has 2 aromatic rings. The van der Waals surface area contributed by atoms with Crippen molar-refractivity contribution in [2.75, 3.05) is 43.6 Å². The van der Waals surface area contributed by atoms with Crippen molar-refractivity contribution in [3.05, 3.63) is 41.3 Å². The maximum Gasteiger partial charge on any atom is 0.357 e. The van der Waals surface area contributed by atoms with Crippen molar-refractivity contribution < 1.29 is 19.1 Å². The molecule has 0 unspecified atom stereocenters. The average Bonchev–Trinajstić information content (AvgIpc) is 3.02. The zero-order valence-electron chi connectivity index (χ0n) is 20.2. The lowest BCUT2D eigenvalue weighted by molar-refractivity contribution is 0.0491. The molecule has 0 spiro atoms. The molecule has 2 aliphatic rings. The lowest BCUT2D eigenvalue weighted by atomic mass is 10.0. The third-order valence-electron chi connectivity index (χ3n) is 6.62. The van der Waals surface area contributed by atoms with Gasteiger partial charge >= 0.3 is 12.0 Å². The molecule has 0 radical (unpaired) electrons. The van der Waals surface area contributed by atoms with Gasteiger partial charge in [-0.15, -0.1) is 0 Å². The van der Waals surface area contributed by atoms with Crippen LogP contribution < -0.4 is 15.0 Å². The Labute approximate surface area is 200 Å². The van der Waals surface area contributed by atoms with Crippen molar-refractivity contribution in [3.8, 4) is 5.75 Å². The van der Waals surface area contributed by atoms with Gasteiger partial charge in [0.25, 0.3) is 0 Å². The van der Waals surface area contributed by atoms with Crippen molar-refractivity contribution in [3.63, 3.8) is 0 Å². The molecule has 2 aliphatic heterocycles. The second-order valence-electron chi connectivity index (χ2n) is 8.78. The molecule has 1 fully saturated rings. The molecule has 2 amide bonds. The summed E-state index contributed by atoms with van der Waals surface area (Å²) in [7, 11) is 1.65. The Balaban J connectivity index is 1.39. The Bertz CT molecular complexity index is 1040. The van der Waals surface area contributed by atoms with Crippen molar-refractivity contribution >= 4 is 23.5 Å². The van der Waals surface area contributed by atoms with Crippen LogP contribution in [0, 0.1) is 6.92 Å². The number of fused-ring (bicyclic) bond motifs is 1. The van der Waals surface area contributed by atoms with E-state index < -0.39 is 5.97 Å². The predicted molar refractivity (Wildman–Crippen MR) is 130 cm³/mol. The smallest absolute Gasteiger partial charge is 0.357 e. The summed E-state index contributed by atoms with van der Waals surface area (Å²) >= 11 is 0. The summed E-state index contributed by atoms with van der Waals surface area (Å²) in [4.78, 5) is 38.2. The first-order valence-electron chi connectivity index (χ1n) is 12.0. The van der Waals surface area contributed by atoms with E-state index in [0.29, 0.717) is 18.8 Å². The lowest BCUT2D eigenvalue weighted by Crippen LogP contribution is -2.49. The molecule has 1 saturated heterocycles. The fourth-order valence-electron chi connectivity index (χ4n) is 4.64. The van der Waals surface area contributed by atoms with Gasteiger partial charge in [0.15, 0.2) is 5.69 Å². The molecular formula is C25H33N5O4. The molecular weight excluding hydrogens is 434 g/mol. The maximum absolute atomic E-state index is 13.0. The van der Waals surface area contributed by atoms with Crippen LogP contribution in [0.3, 0.4) is 0 Å². The number of urea groups is 1. The first-order chi connectivity index (χ1) is 16.5. The Morgan fingerprint density at radius 3 is 2.74 bits per heavy atom. The number of anilines is 2. The number of ether oxygens (including phenoxy) is 2. The van der Waals surface area contributed by atoms with Crippen molar-refractivity contribution in [1.29, 1.82) is 0 Å². The SMILES string of the molecule is CCCCOC(=O)c1ncnc(N2CCC(N3CCc4cc(OC)ccc4NC3=O)CC2)c1C. The Hall–Kier alpha value is -3.36. The fourth-order valence-corrected chi connectivity index (χ4v) is 4.64. The molecule has 182 valence electrons. The topological polar surface area (TPSA) is 96.9 Å². The molecule has 9 nitrogen and oxygen atoms in total. The third-order valence-corrected chi connectivity index (χ3v) is 6.62. The van der Waals surface area contributed by atoms with Gasteiger partial charge in [-0.2, -0.15) is 0 Å². The molecule has 9 heteroatoms. The van der Waals surface area contributed by atoms with Crippen molar-refractivity contribution in [1.82, 2.24) is 14.9 Å². The molecule has 34 heavy (non-hydrogen) atoms. The van der Waals surface area contributed by atoms with E-state index in [2.05, 4.69) is 27.1 Å². The first kappa shape index (κ1) is 23.8. The Morgan fingerprint density at radius 2 is 2.00 bits per heavy atom. The number of nitrogens with one attached hydrogen (secondary N) is 1. The van der Waals surface area contributed by atoms with E-state index in [9.17, 15) is 9.59 Å². The van der Waals surface area contributed by atoms with Crippen LogP contribution in [-0.2, 0) is 11.2 Å². The predicted octanol–water partition coefficient (Wildman–Crippen LogP) is 3.81. The first-order valence-corrected chi connectivity index (χ1v) is 12.0. The zero-order chi connectivity index (χ0) is 24.1. The normalized spacial score (nSPS) is 16.5. The number of benzene rings is 1. The lowest BCUT2D eigenvalue weighted by Gasteiger charge is -2.38. The number of esters is 1. The molecule has 4 rings (SSSR count). The van der Waals surface area contributed by atoms with Crippen LogP contribution in [0.15, 0.2) is 24.5 Å². The molecule has 0 bridgehead atoms. The van der Waals surface area contributed by atoms with Crippen LogP contribution in [0.5, 0.6) is 5.75 Å². The fraction of sp³-hybridized carbons (Fsp3) is 0.520. The Morgan fingerprint density at radius 1 is 1.21 bits per heavy atom. The molecule has 0 atom stereocenters. The number of rotatable bonds is 7. The number of carbonyl (C=O) groups excluding carboxylic acids is 2. The van der Waals surface area contributed by atoms with E-state index in [1.807, 2.05) is 30.0 Å². The highest BCUT2D eigenvalue weighted by atomic mass is 16.5. The standard InChI is InChI=1S/C25H33N5O4/c1-4-5-14-34-24(31)22-17(2)23(27-16-26-22)29-11-9-19(10-12-29)30-13-8-18-15-20(33-3)6-7-21(18)28-25(30)32/h6-7,15-16,19H,4-5,8-14H2,1-3H3,(H,28,32). The third kappa shape index (κ3) is 5.08. The minimum Gasteiger partial charge on any atom is -0.497 e. The van der Waals surface area contributed by atoms with Gasteiger partial charge < -0.3 is 24.6 Å². The van der Waals surface area contributed by atoms with Crippen molar-refractivity contribution in [2.45, 2.75) is 52.0 Å². The number of nitrogens with zero attached hydrogens (tertiary/aromatic N) is 4. The maximum atomic E-state index is 13.0. The van der Waals surface area contributed by atoms with Gasteiger partial charge in [0.2, 0.25) is 0 Å². The van der Waals surface area contributed by atoms with E-state index >= 15 is 0 Å². The van der Waals surface area contributed by atoms with Crippen LogP contribution in [0.4, 0.5) is 16.3 Å². The van der Waals surface area contributed by atoms with Gasteiger partial charge in [0, 0.05) is 36.9 Å². The van der Waals surface area contributed by atoms with E-state index in [0.717, 1.165) is 73.6 Å². The molecule has 1 aromatic heterocycles. The van der Waals surface area contributed by atoms with Gasteiger partial charge in [-0.25, -0.2) is 19.6 Å². The monoisotopic (exact) mass is 467 g/mol. The van der Waals surface area contributed by atoms with Crippen LogP contribution in [0.25, 0.3) is 0 Å². The van der Waals surface area contributed by atoms with Gasteiger partial charge in [-0.05, 0) is 56.4 Å². The average molecular weight is 468 g/mol. The highest BCUT2D eigenvalue weighted by Gasteiger charge is 2.31. The summed E-state index contributed by atoms with van der Waals surface area (Å²) in [5.41, 5.74) is 2.99. The highest BCUT2D eigenvalue weighted by Crippen LogP contribution is 2.29. The quantitative estimate of drug-likeness (QED) is 0.488. The van der Waals surface area contributed by atoms with Gasteiger partial charge in [-0.1, -0.05) is 13.3 Å². The summed E-state index contributed by atoms with van der Waals surface area (Å²) in [5, 5.41) is 3.06. The molecule has 0 saturated carbocycles. The van der Waals surface area contributed by atoms with Crippen LogP contribution in [0.2, 0.25) is 0 Å². The summed E-state index contributed by atoms with van der Waals surface area (Å²) < 4.78 is 10.7. The molecule has 1 aromatic carbocycles. The second kappa shape index (κ2) is 10.7. The zero-order valence-corrected chi connectivity index (χ0v) is 20.2. The molecule has 1 N–H and O–H groups in total. The minimum atomic E-state index is -0.401. The van der Waals surface area contributed by atoms with E-state index in [1.165, 1.54) is 6.33 Å². The van der Waals surface area contributed by atoms with Gasteiger partial charge in [0.05, 0.1) is 13.7 Å². The van der Waals surface area contributed by atoms with Gasteiger partial charge in [-0.3, -0.25) is 0 Å². The van der Waals surface area contributed by atoms with Crippen LogP contribution in [-0.4, -0.2) is 66.3 Å². The van der Waals surface area contributed by atoms with Crippen molar-refractivity contribution in [2.24, 2.45) is 0 Å². The second-order valence-corrected chi connectivity index (χ2v) is 8.78. The highest BCUT2D eigenvalue weighted by molar-refractivity contribution is 5.91. The number of unbranched alkanes of at least 4 members (excludes halogenated alkanes) is 1. The number of aromatic nitrogens is 2. The molecule has 3 heterocycles. The van der Waals surface area contributed by atoms with E-state index in [1.54, 1.807) is 7.11 Å². The van der Waals surface area contributed by atoms with Gasteiger partial charge in [0.1, 0.15) is 17.9 Å². The summed E-state index contributed by atoms with van der Waals surface area (Å²) in [6, 6.07) is 5.85. The number of methoxy groups -OCH3 is 1. The largest absolute Gasteiger partial charge is 0.497 e.